The van der Waals surface area contributed by atoms with Crippen molar-refractivity contribution in [2.75, 3.05) is 13.2 Å². The van der Waals surface area contributed by atoms with Crippen LogP contribution in [0.4, 0.5) is 0 Å². The molecule has 16 heavy (non-hydrogen) atoms. The van der Waals surface area contributed by atoms with Gasteiger partial charge in [0, 0.05) is 0 Å². The second-order valence-electron chi connectivity index (χ2n) is 3.89. The van der Waals surface area contributed by atoms with E-state index in [-0.39, 0.29) is 0 Å². The molecule has 0 amide bonds. The van der Waals surface area contributed by atoms with Gasteiger partial charge >= 0.3 is 0 Å². The Labute approximate surface area is 98.1 Å². The molecule has 0 bridgehead atoms. The molecule has 1 aromatic carbocycles. The van der Waals surface area contributed by atoms with Crippen LogP contribution in [0, 0.1) is 0 Å². The van der Waals surface area contributed by atoms with Crippen molar-refractivity contribution in [3.63, 3.8) is 0 Å². The molecule has 0 spiro atoms. The minimum absolute atomic E-state index is 0.295. The minimum Gasteiger partial charge on any atom is -0.374 e. The summed E-state index contributed by atoms with van der Waals surface area (Å²) < 4.78 is 5.62. The van der Waals surface area contributed by atoms with E-state index in [4.69, 9.17) is 10.5 Å². The summed E-state index contributed by atoms with van der Waals surface area (Å²) in [5, 5.41) is 0. The lowest BCUT2D eigenvalue weighted by molar-refractivity contribution is 0.0811. The molecule has 0 saturated carbocycles. The van der Waals surface area contributed by atoms with Gasteiger partial charge in [-0.2, -0.15) is 0 Å². The van der Waals surface area contributed by atoms with Crippen molar-refractivity contribution in [3.05, 3.63) is 42.0 Å². The molecule has 1 rings (SSSR count). The van der Waals surface area contributed by atoms with Crippen molar-refractivity contribution in [3.8, 4) is 0 Å². The van der Waals surface area contributed by atoms with Crippen LogP contribution in [-0.4, -0.2) is 19.3 Å². The molecular formula is C14H21NO. The molecule has 1 aromatic rings. The summed E-state index contributed by atoms with van der Waals surface area (Å²) in [5.74, 6) is 0. The van der Waals surface area contributed by atoms with Crippen LogP contribution in [0.15, 0.2) is 36.4 Å². The van der Waals surface area contributed by atoms with Gasteiger partial charge in [0.15, 0.2) is 0 Å². The number of nitrogens with two attached hydrogens (primary N) is 1. The Morgan fingerprint density at radius 1 is 1.31 bits per heavy atom. The third-order valence-corrected chi connectivity index (χ3v) is 2.40. The first kappa shape index (κ1) is 12.9. The normalized spacial score (nSPS) is 13.1. The third-order valence-electron chi connectivity index (χ3n) is 2.40. The zero-order valence-corrected chi connectivity index (χ0v) is 9.93. The fourth-order valence-electron chi connectivity index (χ4n) is 1.46. The smallest absolute Gasteiger partial charge is 0.0654 e. The SMILES string of the molecule is CC(CCCN)OCC=Cc1ccccc1. The highest BCUT2D eigenvalue weighted by molar-refractivity contribution is 5.48. The maximum absolute atomic E-state index is 5.62. The van der Waals surface area contributed by atoms with Crippen LogP contribution in [0.5, 0.6) is 0 Å². The fraction of sp³-hybridized carbons (Fsp3) is 0.429. The second-order valence-corrected chi connectivity index (χ2v) is 3.89. The van der Waals surface area contributed by atoms with Crippen molar-refractivity contribution in [1.82, 2.24) is 0 Å². The number of benzene rings is 1. The van der Waals surface area contributed by atoms with Crippen molar-refractivity contribution < 1.29 is 4.74 Å². The van der Waals surface area contributed by atoms with Gasteiger partial charge in [0.2, 0.25) is 0 Å². The molecule has 2 nitrogen and oxygen atoms in total. The molecule has 2 heteroatoms. The molecule has 0 aromatic heterocycles. The lowest BCUT2D eigenvalue weighted by Gasteiger charge is -2.10. The summed E-state index contributed by atoms with van der Waals surface area (Å²) in [6, 6.07) is 10.2. The van der Waals surface area contributed by atoms with Crippen LogP contribution < -0.4 is 5.73 Å². The van der Waals surface area contributed by atoms with Crippen LogP contribution in [0.1, 0.15) is 25.3 Å². The Bertz CT molecular complexity index is 295. The zero-order chi connectivity index (χ0) is 11.6. The van der Waals surface area contributed by atoms with Crippen LogP contribution in [-0.2, 0) is 4.74 Å². The molecule has 0 aliphatic heterocycles. The van der Waals surface area contributed by atoms with Gasteiger partial charge in [0.05, 0.1) is 12.7 Å². The van der Waals surface area contributed by atoms with Crippen LogP contribution in [0.2, 0.25) is 0 Å². The number of ether oxygens (including phenoxy) is 1. The van der Waals surface area contributed by atoms with Gasteiger partial charge in [-0.1, -0.05) is 42.5 Å². The highest BCUT2D eigenvalue weighted by Gasteiger charge is 1.98. The number of hydrogen-bond donors (Lipinski definition) is 1. The second kappa shape index (κ2) is 8.08. The molecular weight excluding hydrogens is 198 g/mol. The standard InChI is InChI=1S/C14H21NO/c1-13(7-5-11-15)16-12-6-10-14-8-3-2-4-9-14/h2-4,6,8-10,13H,5,7,11-12,15H2,1H3. The van der Waals surface area contributed by atoms with E-state index in [1.54, 1.807) is 0 Å². The van der Waals surface area contributed by atoms with E-state index in [0.717, 1.165) is 19.4 Å². The van der Waals surface area contributed by atoms with Gasteiger partial charge in [-0.05, 0) is 31.9 Å². The zero-order valence-electron chi connectivity index (χ0n) is 9.93. The topological polar surface area (TPSA) is 35.2 Å². The Kier molecular flexibility index (Phi) is 6.54. The van der Waals surface area contributed by atoms with Gasteiger partial charge in [0.1, 0.15) is 0 Å². The van der Waals surface area contributed by atoms with Gasteiger partial charge < -0.3 is 10.5 Å². The van der Waals surface area contributed by atoms with Crippen molar-refractivity contribution in [2.24, 2.45) is 5.73 Å². The number of rotatable bonds is 7. The van der Waals surface area contributed by atoms with Crippen molar-refractivity contribution >= 4 is 6.08 Å². The lowest BCUT2D eigenvalue weighted by Crippen LogP contribution is -2.10. The predicted molar refractivity (Wildman–Crippen MR) is 69.2 cm³/mol. The van der Waals surface area contributed by atoms with Crippen molar-refractivity contribution in [2.45, 2.75) is 25.9 Å². The van der Waals surface area contributed by atoms with E-state index in [9.17, 15) is 0 Å². The first-order chi connectivity index (χ1) is 7.83. The quantitative estimate of drug-likeness (QED) is 0.765. The summed E-state index contributed by atoms with van der Waals surface area (Å²) in [4.78, 5) is 0. The maximum atomic E-state index is 5.62. The highest BCUT2D eigenvalue weighted by atomic mass is 16.5. The summed E-state index contributed by atoms with van der Waals surface area (Å²) in [7, 11) is 0. The Morgan fingerprint density at radius 3 is 2.75 bits per heavy atom. The summed E-state index contributed by atoms with van der Waals surface area (Å²) in [5.41, 5.74) is 6.65. The van der Waals surface area contributed by atoms with E-state index in [1.165, 1.54) is 5.56 Å². The molecule has 0 saturated heterocycles. The molecule has 0 aliphatic rings. The first-order valence-corrected chi connectivity index (χ1v) is 5.86. The van der Waals surface area contributed by atoms with Gasteiger partial charge in [-0.3, -0.25) is 0 Å². The average molecular weight is 219 g/mol. The molecule has 88 valence electrons. The monoisotopic (exact) mass is 219 g/mol. The molecule has 0 heterocycles. The van der Waals surface area contributed by atoms with E-state index >= 15 is 0 Å². The third kappa shape index (κ3) is 5.69. The first-order valence-electron chi connectivity index (χ1n) is 5.86. The lowest BCUT2D eigenvalue weighted by atomic mass is 10.2. The maximum Gasteiger partial charge on any atom is 0.0654 e. The van der Waals surface area contributed by atoms with Crippen LogP contribution >= 0.6 is 0 Å². The minimum atomic E-state index is 0.295. The van der Waals surface area contributed by atoms with E-state index in [0.29, 0.717) is 12.7 Å². The fourth-order valence-corrected chi connectivity index (χ4v) is 1.46. The Hall–Kier alpha value is -1.12. The molecule has 2 N–H and O–H groups in total. The largest absolute Gasteiger partial charge is 0.374 e. The van der Waals surface area contributed by atoms with Gasteiger partial charge in [0.25, 0.3) is 0 Å². The summed E-state index contributed by atoms with van der Waals surface area (Å²) >= 11 is 0. The van der Waals surface area contributed by atoms with E-state index in [2.05, 4.69) is 25.1 Å². The molecule has 0 radical (unpaired) electrons. The number of hydrogen-bond acceptors (Lipinski definition) is 2. The van der Waals surface area contributed by atoms with Crippen molar-refractivity contribution in [1.29, 1.82) is 0 Å². The molecule has 1 atom stereocenters. The Balaban J connectivity index is 2.17. The molecule has 1 unspecified atom stereocenters. The summed E-state index contributed by atoms with van der Waals surface area (Å²) in [6.07, 6.45) is 6.49. The van der Waals surface area contributed by atoms with E-state index in [1.807, 2.05) is 24.3 Å². The van der Waals surface area contributed by atoms with E-state index < -0.39 is 0 Å². The van der Waals surface area contributed by atoms with Crippen LogP contribution in [0.25, 0.3) is 6.08 Å². The van der Waals surface area contributed by atoms with Gasteiger partial charge in [-0.25, -0.2) is 0 Å². The highest BCUT2D eigenvalue weighted by Crippen LogP contribution is 2.03. The average Bonchev–Trinajstić information content (AvgIpc) is 2.33. The Morgan fingerprint density at radius 2 is 2.06 bits per heavy atom. The van der Waals surface area contributed by atoms with Crippen LogP contribution in [0.3, 0.4) is 0 Å². The summed E-state index contributed by atoms with van der Waals surface area (Å²) in [6.45, 7) is 3.50. The predicted octanol–water partition coefficient (Wildman–Crippen LogP) is 2.84. The molecule has 0 aliphatic carbocycles. The van der Waals surface area contributed by atoms with Gasteiger partial charge in [-0.15, -0.1) is 0 Å². The molecule has 0 fully saturated rings.